The van der Waals surface area contributed by atoms with Crippen molar-refractivity contribution in [1.82, 2.24) is 0 Å². The molecule has 0 aliphatic carbocycles. The molecule has 3 heteroatoms. The van der Waals surface area contributed by atoms with Gasteiger partial charge in [0.1, 0.15) is 0 Å². The highest BCUT2D eigenvalue weighted by Gasteiger charge is 2.26. The van der Waals surface area contributed by atoms with Gasteiger partial charge < -0.3 is 10.8 Å². The smallest absolute Gasteiger partial charge is 0.0500 e. The maximum atomic E-state index is 9.09. The molecule has 0 unspecified atom stereocenters. The van der Waals surface area contributed by atoms with Crippen LogP contribution in [0.2, 0.25) is 0 Å². The normalized spacial score (nSPS) is 14.7. The largest absolute Gasteiger partial charge is 0.396 e. The van der Waals surface area contributed by atoms with E-state index in [0.29, 0.717) is 0 Å². The predicted octanol–water partition coefficient (Wildman–Crippen LogP) is 1.77. The molecule has 0 aliphatic heterocycles. The first kappa shape index (κ1) is 9.71. The van der Waals surface area contributed by atoms with E-state index in [0.717, 1.165) is 5.56 Å². The molecule has 0 amide bonds. The fourth-order valence-electron chi connectivity index (χ4n) is 1.00. The molecule has 68 valence electrons. The van der Waals surface area contributed by atoms with Crippen LogP contribution in [0.25, 0.3) is 0 Å². The fourth-order valence-corrected chi connectivity index (χ4v) is 1.70. The van der Waals surface area contributed by atoms with Crippen LogP contribution in [0.1, 0.15) is 25.5 Å². The third-order valence-corrected chi connectivity index (χ3v) is 2.85. The van der Waals surface area contributed by atoms with Crippen molar-refractivity contribution in [3.05, 3.63) is 22.4 Å². The second kappa shape index (κ2) is 3.56. The Balaban J connectivity index is 2.78. The van der Waals surface area contributed by atoms with E-state index in [1.807, 2.05) is 30.7 Å². The topological polar surface area (TPSA) is 46.2 Å². The van der Waals surface area contributed by atoms with Crippen molar-refractivity contribution in [3.63, 3.8) is 0 Å². The van der Waals surface area contributed by atoms with Crippen LogP contribution in [0.5, 0.6) is 0 Å². The number of hydrogen-bond acceptors (Lipinski definition) is 3. The van der Waals surface area contributed by atoms with Crippen LogP contribution < -0.4 is 5.73 Å². The molecule has 2 nitrogen and oxygen atoms in total. The Morgan fingerprint density at radius 3 is 2.75 bits per heavy atom. The maximum absolute atomic E-state index is 9.09. The van der Waals surface area contributed by atoms with E-state index in [1.165, 1.54) is 0 Å². The lowest BCUT2D eigenvalue weighted by Crippen LogP contribution is -2.31. The highest BCUT2D eigenvalue weighted by molar-refractivity contribution is 7.07. The third kappa shape index (κ3) is 1.86. The molecule has 1 heterocycles. The van der Waals surface area contributed by atoms with Crippen LogP contribution in [0.3, 0.4) is 0 Å². The summed E-state index contributed by atoms with van der Waals surface area (Å²) in [5, 5.41) is 13.1. The Kier molecular flexibility index (Phi) is 2.88. The lowest BCUT2D eigenvalue weighted by atomic mass is 9.83. The van der Waals surface area contributed by atoms with Gasteiger partial charge in [0.2, 0.25) is 0 Å². The highest BCUT2D eigenvalue weighted by Crippen LogP contribution is 2.31. The van der Waals surface area contributed by atoms with Crippen molar-refractivity contribution in [2.24, 2.45) is 11.1 Å². The summed E-state index contributed by atoms with van der Waals surface area (Å²) in [6, 6.07) is 1.93. The van der Waals surface area contributed by atoms with Crippen molar-refractivity contribution >= 4 is 11.3 Å². The second-order valence-corrected chi connectivity index (χ2v) is 4.46. The lowest BCUT2D eigenvalue weighted by Gasteiger charge is -2.28. The summed E-state index contributed by atoms with van der Waals surface area (Å²) in [5.74, 6) is 0. The van der Waals surface area contributed by atoms with Gasteiger partial charge in [-0.15, -0.1) is 0 Å². The molecule has 0 fully saturated rings. The number of thiophene rings is 1. The fraction of sp³-hybridized carbons (Fsp3) is 0.556. The molecule has 0 radical (unpaired) electrons. The van der Waals surface area contributed by atoms with E-state index < -0.39 is 0 Å². The number of aliphatic hydroxyl groups excluding tert-OH is 1. The van der Waals surface area contributed by atoms with Gasteiger partial charge in [-0.05, 0) is 22.4 Å². The van der Waals surface area contributed by atoms with E-state index in [4.69, 9.17) is 10.8 Å². The van der Waals surface area contributed by atoms with Crippen molar-refractivity contribution < 1.29 is 5.11 Å². The third-order valence-electron chi connectivity index (χ3n) is 2.15. The number of aliphatic hydroxyl groups is 1. The molecule has 0 saturated heterocycles. The molecular formula is C9H15NOS. The molecule has 1 atom stereocenters. The van der Waals surface area contributed by atoms with Crippen molar-refractivity contribution in [2.75, 3.05) is 6.61 Å². The minimum absolute atomic E-state index is 0.0752. The van der Waals surface area contributed by atoms with E-state index >= 15 is 0 Å². The average Bonchev–Trinajstić information content (AvgIpc) is 2.55. The maximum Gasteiger partial charge on any atom is 0.0500 e. The molecular weight excluding hydrogens is 170 g/mol. The Bertz CT molecular complexity index is 231. The molecule has 0 bridgehead atoms. The molecule has 0 spiro atoms. The summed E-state index contributed by atoms with van der Waals surface area (Å²) in [5.41, 5.74) is 6.85. The van der Waals surface area contributed by atoms with Gasteiger partial charge in [-0.1, -0.05) is 13.8 Å². The molecule has 0 aliphatic rings. The van der Waals surface area contributed by atoms with Crippen LogP contribution >= 0.6 is 11.3 Å². The van der Waals surface area contributed by atoms with Gasteiger partial charge in [0.05, 0.1) is 0 Å². The molecule has 1 aromatic heterocycles. The molecule has 1 rings (SSSR count). The van der Waals surface area contributed by atoms with E-state index in [2.05, 4.69) is 0 Å². The summed E-state index contributed by atoms with van der Waals surface area (Å²) in [6.45, 7) is 4.05. The molecule has 12 heavy (non-hydrogen) atoms. The van der Waals surface area contributed by atoms with Crippen LogP contribution in [0.4, 0.5) is 0 Å². The second-order valence-electron chi connectivity index (χ2n) is 3.68. The summed E-state index contributed by atoms with van der Waals surface area (Å²) < 4.78 is 0. The van der Waals surface area contributed by atoms with Gasteiger partial charge in [-0.3, -0.25) is 0 Å². The monoisotopic (exact) mass is 185 g/mol. The highest BCUT2D eigenvalue weighted by atomic mass is 32.1. The van der Waals surface area contributed by atoms with Gasteiger partial charge >= 0.3 is 0 Å². The Hall–Kier alpha value is -0.380. The van der Waals surface area contributed by atoms with Gasteiger partial charge in [-0.2, -0.15) is 11.3 Å². The predicted molar refractivity (Wildman–Crippen MR) is 52.1 cm³/mol. The minimum Gasteiger partial charge on any atom is -0.396 e. The zero-order valence-corrected chi connectivity index (χ0v) is 8.27. The van der Waals surface area contributed by atoms with Crippen LogP contribution in [0, 0.1) is 5.41 Å². The zero-order chi connectivity index (χ0) is 9.19. The zero-order valence-electron chi connectivity index (χ0n) is 7.45. The summed E-state index contributed by atoms with van der Waals surface area (Å²) in [4.78, 5) is 0. The van der Waals surface area contributed by atoms with Gasteiger partial charge in [0, 0.05) is 18.1 Å². The number of nitrogens with two attached hydrogens (primary N) is 1. The van der Waals surface area contributed by atoms with E-state index in [9.17, 15) is 0 Å². The van der Waals surface area contributed by atoms with E-state index in [1.54, 1.807) is 11.3 Å². The molecule has 0 aromatic carbocycles. The Morgan fingerprint density at radius 1 is 1.67 bits per heavy atom. The number of hydrogen-bond donors (Lipinski definition) is 2. The Morgan fingerprint density at radius 2 is 2.33 bits per heavy atom. The summed E-state index contributed by atoms with van der Waals surface area (Å²) >= 11 is 1.63. The first-order chi connectivity index (χ1) is 5.58. The van der Waals surface area contributed by atoms with Gasteiger partial charge in [0.25, 0.3) is 0 Å². The first-order valence-electron chi connectivity index (χ1n) is 3.96. The quantitative estimate of drug-likeness (QED) is 0.754. The minimum atomic E-state index is -0.235. The first-order valence-corrected chi connectivity index (χ1v) is 4.91. The summed E-state index contributed by atoms with van der Waals surface area (Å²) in [7, 11) is 0. The standard InChI is InChI=1S/C9H15NOS/c1-9(2,6-11)8(10)7-3-4-12-5-7/h3-5,8,11H,6,10H2,1-2H3/t8-/m0/s1. The van der Waals surface area contributed by atoms with Crippen molar-refractivity contribution in [1.29, 1.82) is 0 Å². The number of rotatable bonds is 3. The Labute approximate surface area is 77.0 Å². The van der Waals surface area contributed by atoms with E-state index in [-0.39, 0.29) is 18.1 Å². The average molecular weight is 185 g/mol. The van der Waals surface area contributed by atoms with Gasteiger partial charge in [-0.25, -0.2) is 0 Å². The molecule has 1 aromatic rings. The molecule has 0 saturated carbocycles. The van der Waals surface area contributed by atoms with Gasteiger partial charge in [0.15, 0.2) is 0 Å². The SMILES string of the molecule is CC(C)(CO)[C@@H](N)c1ccsc1. The summed E-state index contributed by atoms with van der Waals surface area (Å²) in [6.07, 6.45) is 0. The van der Waals surface area contributed by atoms with Crippen LogP contribution in [0.15, 0.2) is 16.8 Å². The lowest BCUT2D eigenvalue weighted by molar-refractivity contribution is 0.132. The van der Waals surface area contributed by atoms with Crippen molar-refractivity contribution in [2.45, 2.75) is 19.9 Å². The molecule has 3 N–H and O–H groups in total. The van der Waals surface area contributed by atoms with Crippen LogP contribution in [-0.4, -0.2) is 11.7 Å². The van der Waals surface area contributed by atoms with Crippen LogP contribution in [-0.2, 0) is 0 Å². The van der Waals surface area contributed by atoms with Crippen molar-refractivity contribution in [3.8, 4) is 0 Å².